The summed E-state index contributed by atoms with van der Waals surface area (Å²) in [6.45, 7) is 8.94. The smallest absolute Gasteiger partial charge is 0.151 e. The lowest BCUT2D eigenvalue weighted by Gasteiger charge is -2.22. The van der Waals surface area contributed by atoms with Crippen LogP contribution in [-0.2, 0) is 0 Å². The van der Waals surface area contributed by atoms with Crippen molar-refractivity contribution < 1.29 is 4.79 Å². The largest absolute Gasteiger partial charge is 0.364 e. The Morgan fingerprint density at radius 3 is 2.31 bits per heavy atom. The van der Waals surface area contributed by atoms with Crippen LogP contribution in [0.4, 0.5) is 5.69 Å². The van der Waals surface area contributed by atoms with Crippen molar-refractivity contribution in [1.29, 1.82) is 0 Å². The summed E-state index contributed by atoms with van der Waals surface area (Å²) < 4.78 is 0.804. The Labute approximate surface area is 104 Å². The molecule has 0 radical (unpaired) electrons. The van der Waals surface area contributed by atoms with E-state index in [1.807, 2.05) is 24.3 Å². The highest BCUT2D eigenvalue weighted by atomic mass is 79.9. The van der Waals surface area contributed by atoms with Crippen LogP contribution < -0.4 is 4.90 Å². The maximum Gasteiger partial charge on any atom is 0.151 e. The molecule has 0 N–H and O–H groups in total. The highest BCUT2D eigenvalue weighted by molar-refractivity contribution is 9.10. The van der Waals surface area contributed by atoms with Gasteiger partial charge in [0, 0.05) is 28.8 Å². The SMILES string of the molecule is C=CCN(CC=C)c1ccc(C=O)c(Br)c1. The van der Waals surface area contributed by atoms with Gasteiger partial charge in [-0.1, -0.05) is 12.2 Å². The van der Waals surface area contributed by atoms with E-state index in [2.05, 4.69) is 34.0 Å². The molecule has 0 saturated carbocycles. The maximum atomic E-state index is 10.7. The van der Waals surface area contributed by atoms with Crippen molar-refractivity contribution in [3.8, 4) is 0 Å². The molecule has 16 heavy (non-hydrogen) atoms. The van der Waals surface area contributed by atoms with Gasteiger partial charge in [0.2, 0.25) is 0 Å². The van der Waals surface area contributed by atoms with Crippen LogP contribution in [0, 0.1) is 0 Å². The fourth-order valence-electron chi connectivity index (χ4n) is 1.41. The number of nitrogens with zero attached hydrogens (tertiary/aromatic N) is 1. The fraction of sp³-hybridized carbons (Fsp3) is 0.154. The lowest BCUT2D eigenvalue weighted by Crippen LogP contribution is -2.23. The van der Waals surface area contributed by atoms with Gasteiger partial charge in [0.15, 0.2) is 6.29 Å². The molecule has 0 fully saturated rings. The van der Waals surface area contributed by atoms with Crippen LogP contribution in [0.5, 0.6) is 0 Å². The number of hydrogen-bond acceptors (Lipinski definition) is 2. The molecule has 0 bridgehead atoms. The van der Waals surface area contributed by atoms with E-state index in [0.29, 0.717) is 5.56 Å². The third-order valence-corrected chi connectivity index (χ3v) is 2.86. The average Bonchev–Trinajstić information content (AvgIpc) is 2.28. The van der Waals surface area contributed by atoms with Crippen LogP contribution >= 0.6 is 15.9 Å². The second kappa shape index (κ2) is 6.28. The second-order valence-electron chi connectivity index (χ2n) is 3.31. The van der Waals surface area contributed by atoms with Gasteiger partial charge in [-0.05, 0) is 34.1 Å². The van der Waals surface area contributed by atoms with Crippen molar-refractivity contribution in [2.24, 2.45) is 0 Å². The molecule has 2 nitrogen and oxygen atoms in total. The Bertz CT molecular complexity index is 391. The minimum atomic E-state index is 0.654. The lowest BCUT2D eigenvalue weighted by atomic mass is 10.2. The fourth-order valence-corrected chi connectivity index (χ4v) is 1.87. The first kappa shape index (κ1) is 12.7. The summed E-state index contributed by atoms with van der Waals surface area (Å²) in [6.07, 6.45) is 4.51. The number of carbonyl (C=O) groups is 1. The van der Waals surface area contributed by atoms with Gasteiger partial charge in [-0.25, -0.2) is 0 Å². The molecule has 0 aliphatic heterocycles. The average molecular weight is 280 g/mol. The van der Waals surface area contributed by atoms with E-state index < -0.39 is 0 Å². The van der Waals surface area contributed by atoms with Gasteiger partial charge in [0.25, 0.3) is 0 Å². The Balaban J connectivity index is 3.00. The van der Waals surface area contributed by atoms with Gasteiger partial charge in [0.1, 0.15) is 0 Å². The highest BCUT2D eigenvalue weighted by Gasteiger charge is 2.05. The van der Waals surface area contributed by atoms with Crippen LogP contribution in [-0.4, -0.2) is 19.4 Å². The van der Waals surface area contributed by atoms with E-state index in [1.54, 1.807) is 6.07 Å². The monoisotopic (exact) mass is 279 g/mol. The quantitative estimate of drug-likeness (QED) is 0.587. The molecular weight excluding hydrogens is 266 g/mol. The zero-order valence-electron chi connectivity index (χ0n) is 9.03. The number of anilines is 1. The molecule has 0 atom stereocenters. The topological polar surface area (TPSA) is 20.3 Å². The van der Waals surface area contributed by atoms with E-state index in [1.165, 1.54) is 0 Å². The van der Waals surface area contributed by atoms with Gasteiger partial charge in [-0.15, -0.1) is 13.2 Å². The molecule has 0 saturated heterocycles. The summed E-state index contributed by atoms with van der Waals surface area (Å²) in [5.41, 5.74) is 1.69. The standard InChI is InChI=1S/C13H14BrNO/c1-3-7-15(8-4-2)12-6-5-11(10-16)13(14)9-12/h3-6,9-10H,1-2,7-8H2. The molecule has 0 aromatic heterocycles. The normalized spacial score (nSPS) is 9.56. The summed E-state index contributed by atoms with van der Waals surface area (Å²) in [5, 5.41) is 0. The first-order chi connectivity index (χ1) is 7.72. The van der Waals surface area contributed by atoms with Crippen molar-refractivity contribution in [2.45, 2.75) is 0 Å². The van der Waals surface area contributed by atoms with E-state index in [-0.39, 0.29) is 0 Å². The van der Waals surface area contributed by atoms with E-state index in [0.717, 1.165) is 29.5 Å². The zero-order chi connectivity index (χ0) is 12.0. The van der Waals surface area contributed by atoms with Gasteiger partial charge in [-0.3, -0.25) is 4.79 Å². The Morgan fingerprint density at radius 1 is 1.25 bits per heavy atom. The van der Waals surface area contributed by atoms with Crippen LogP contribution in [0.2, 0.25) is 0 Å². The molecule has 1 aromatic rings. The predicted molar refractivity (Wildman–Crippen MR) is 72.1 cm³/mol. The Hall–Kier alpha value is -1.35. The predicted octanol–water partition coefficient (Wildman–Crippen LogP) is 3.44. The molecule has 1 rings (SSSR count). The molecule has 84 valence electrons. The lowest BCUT2D eigenvalue weighted by molar-refractivity contribution is 0.112. The molecule has 0 amide bonds. The van der Waals surface area contributed by atoms with Gasteiger partial charge >= 0.3 is 0 Å². The first-order valence-electron chi connectivity index (χ1n) is 4.94. The van der Waals surface area contributed by atoms with E-state index >= 15 is 0 Å². The zero-order valence-corrected chi connectivity index (χ0v) is 10.6. The second-order valence-corrected chi connectivity index (χ2v) is 4.16. The number of rotatable bonds is 6. The summed E-state index contributed by atoms with van der Waals surface area (Å²) in [4.78, 5) is 12.8. The van der Waals surface area contributed by atoms with Gasteiger partial charge in [0.05, 0.1) is 0 Å². The summed E-state index contributed by atoms with van der Waals surface area (Å²) in [5.74, 6) is 0. The minimum absolute atomic E-state index is 0.654. The van der Waals surface area contributed by atoms with Crippen molar-refractivity contribution in [3.63, 3.8) is 0 Å². The van der Waals surface area contributed by atoms with Crippen LogP contribution in [0.1, 0.15) is 10.4 Å². The number of benzene rings is 1. The van der Waals surface area contributed by atoms with Crippen LogP contribution in [0.25, 0.3) is 0 Å². The molecular formula is C13H14BrNO. The maximum absolute atomic E-state index is 10.7. The van der Waals surface area contributed by atoms with Gasteiger partial charge in [-0.2, -0.15) is 0 Å². The van der Waals surface area contributed by atoms with Crippen LogP contribution in [0.3, 0.4) is 0 Å². The molecule has 0 aliphatic rings. The first-order valence-corrected chi connectivity index (χ1v) is 5.73. The van der Waals surface area contributed by atoms with E-state index in [4.69, 9.17) is 0 Å². The number of halogens is 1. The summed E-state index contributed by atoms with van der Waals surface area (Å²) >= 11 is 3.37. The number of hydrogen-bond donors (Lipinski definition) is 0. The molecule has 0 unspecified atom stereocenters. The van der Waals surface area contributed by atoms with E-state index in [9.17, 15) is 4.79 Å². The Kier molecular flexibility index (Phi) is 4.99. The van der Waals surface area contributed by atoms with Crippen molar-refractivity contribution >= 4 is 27.9 Å². The highest BCUT2D eigenvalue weighted by Crippen LogP contribution is 2.23. The third kappa shape index (κ3) is 3.07. The summed E-state index contributed by atoms with van der Waals surface area (Å²) in [6, 6.07) is 5.64. The van der Waals surface area contributed by atoms with Crippen molar-refractivity contribution in [3.05, 3.63) is 53.5 Å². The van der Waals surface area contributed by atoms with Crippen molar-refractivity contribution in [2.75, 3.05) is 18.0 Å². The molecule has 0 aliphatic carbocycles. The summed E-state index contributed by atoms with van der Waals surface area (Å²) in [7, 11) is 0. The molecule has 3 heteroatoms. The molecule has 0 spiro atoms. The minimum Gasteiger partial charge on any atom is -0.364 e. The Morgan fingerprint density at radius 2 is 1.88 bits per heavy atom. The number of carbonyl (C=O) groups excluding carboxylic acids is 1. The van der Waals surface area contributed by atoms with Crippen molar-refractivity contribution in [1.82, 2.24) is 0 Å². The molecule has 1 aromatic carbocycles. The van der Waals surface area contributed by atoms with Crippen LogP contribution in [0.15, 0.2) is 48.0 Å². The molecule has 0 heterocycles. The number of aldehydes is 1. The van der Waals surface area contributed by atoms with Gasteiger partial charge < -0.3 is 4.90 Å². The third-order valence-electron chi connectivity index (χ3n) is 2.18.